The van der Waals surface area contributed by atoms with Gasteiger partial charge in [-0.2, -0.15) is 0 Å². The Balaban J connectivity index is 1.79. The van der Waals surface area contributed by atoms with Gasteiger partial charge in [0, 0.05) is 0 Å². The summed E-state index contributed by atoms with van der Waals surface area (Å²) in [5.41, 5.74) is 0. The van der Waals surface area contributed by atoms with E-state index in [4.69, 9.17) is 4.74 Å². The van der Waals surface area contributed by atoms with E-state index >= 15 is 0 Å². The second-order valence-electron chi connectivity index (χ2n) is 4.50. The van der Waals surface area contributed by atoms with E-state index in [0.717, 1.165) is 18.8 Å². The van der Waals surface area contributed by atoms with Crippen molar-refractivity contribution in [2.75, 3.05) is 6.61 Å². The first-order chi connectivity index (χ1) is 6.36. The number of rotatable bonds is 1. The van der Waals surface area contributed by atoms with E-state index in [9.17, 15) is 5.11 Å². The molecule has 2 aliphatic rings. The molecule has 0 bridgehead atoms. The summed E-state index contributed by atoms with van der Waals surface area (Å²) < 4.78 is 5.68. The first-order valence-corrected chi connectivity index (χ1v) is 5.66. The minimum atomic E-state index is -0.195. The lowest BCUT2D eigenvalue weighted by Crippen LogP contribution is -2.35. The van der Waals surface area contributed by atoms with Gasteiger partial charge in [-0.1, -0.05) is 19.3 Å². The topological polar surface area (TPSA) is 29.5 Å². The molecule has 1 saturated carbocycles. The molecule has 0 spiro atoms. The van der Waals surface area contributed by atoms with Crippen LogP contribution in [0.25, 0.3) is 0 Å². The summed E-state index contributed by atoms with van der Waals surface area (Å²) in [6, 6.07) is 0. The molecule has 2 nitrogen and oxygen atoms in total. The second-order valence-corrected chi connectivity index (χ2v) is 4.50. The van der Waals surface area contributed by atoms with Gasteiger partial charge in [0.15, 0.2) is 0 Å². The average Bonchev–Trinajstić information content (AvgIpc) is 2.20. The summed E-state index contributed by atoms with van der Waals surface area (Å²) in [6.07, 6.45) is 9.16. The quantitative estimate of drug-likeness (QED) is 0.676. The van der Waals surface area contributed by atoms with E-state index in [-0.39, 0.29) is 6.10 Å². The number of hydrogen-bond donors (Lipinski definition) is 1. The van der Waals surface area contributed by atoms with Crippen LogP contribution >= 0.6 is 0 Å². The molecule has 0 aromatic heterocycles. The van der Waals surface area contributed by atoms with Crippen molar-refractivity contribution in [3.05, 3.63) is 0 Å². The zero-order valence-corrected chi connectivity index (χ0v) is 8.24. The molecule has 0 amide bonds. The fourth-order valence-electron chi connectivity index (χ4n) is 2.64. The number of hydrogen-bond acceptors (Lipinski definition) is 2. The Morgan fingerprint density at radius 1 is 0.923 bits per heavy atom. The molecular weight excluding hydrogens is 164 g/mol. The summed E-state index contributed by atoms with van der Waals surface area (Å²) in [5, 5.41) is 9.30. The fourth-order valence-corrected chi connectivity index (χ4v) is 2.64. The molecule has 2 fully saturated rings. The monoisotopic (exact) mass is 184 g/mol. The Morgan fingerprint density at radius 3 is 2.31 bits per heavy atom. The normalized spacial score (nSPS) is 37.6. The van der Waals surface area contributed by atoms with Crippen LogP contribution in [0.3, 0.4) is 0 Å². The highest BCUT2D eigenvalue weighted by atomic mass is 16.5. The Hall–Kier alpha value is -0.0800. The molecule has 2 heteroatoms. The second kappa shape index (κ2) is 4.43. The third-order valence-corrected chi connectivity index (χ3v) is 3.46. The van der Waals surface area contributed by atoms with E-state index in [1.165, 1.54) is 32.1 Å². The van der Waals surface area contributed by atoms with Crippen molar-refractivity contribution in [3.8, 4) is 0 Å². The van der Waals surface area contributed by atoms with Crippen LogP contribution in [0.4, 0.5) is 0 Å². The van der Waals surface area contributed by atoms with Crippen LogP contribution in [0.1, 0.15) is 44.9 Å². The standard InChI is InChI=1S/C11H20O2/c12-10-6-7-11(13-8-10)9-4-2-1-3-5-9/h9-12H,1-8H2. The van der Waals surface area contributed by atoms with Gasteiger partial charge < -0.3 is 9.84 Å². The highest BCUT2D eigenvalue weighted by Gasteiger charge is 2.28. The van der Waals surface area contributed by atoms with Gasteiger partial charge in [0.2, 0.25) is 0 Å². The van der Waals surface area contributed by atoms with Gasteiger partial charge in [-0.15, -0.1) is 0 Å². The van der Waals surface area contributed by atoms with Crippen LogP contribution in [0.5, 0.6) is 0 Å². The SMILES string of the molecule is OC1CCC(C2CCCCC2)OC1. The van der Waals surface area contributed by atoms with Gasteiger partial charge in [0.25, 0.3) is 0 Å². The Bertz CT molecular complexity index is 144. The minimum Gasteiger partial charge on any atom is -0.391 e. The van der Waals surface area contributed by atoms with E-state index in [1.807, 2.05) is 0 Å². The molecule has 0 aromatic rings. The first-order valence-electron chi connectivity index (χ1n) is 5.66. The molecule has 1 N–H and O–H groups in total. The molecule has 76 valence electrons. The zero-order valence-electron chi connectivity index (χ0n) is 8.24. The molecule has 1 saturated heterocycles. The van der Waals surface area contributed by atoms with E-state index < -0.39 is 0 Å². The maximum Gasteiger partial charge on any atom is 0.0774 e. The van der Waals surface area contributed by atoms with Gasteiger partial charge in [0.1, 0.15) is 0 Å². The number of aliphatic hydroxyl groups excluding tert-OH is 1. The maximum absolute atomic E-state index is 9.30. The van der Waals surface area contributed by atoms with Crippen molar-refractivity contribution in [2.24, 2.45) is 5.92 Å². The van der Waals surface area contributed by atoms with Gasteiger partial charge in [-0.3, -0.25) is 0 Å². The summed E-state index contributed by atoms with van der Waals surface area (Å²) in [6.45, 7) is 0.571. The third kappa shape index (κ3) is 2.44. The van der Waals surface area contributed by atoms with Crippen molar-refractivity contribution < 1.29 is 9.84 Å². The maximum atomic E-state index is 9.30. The van der Waals surface area contributed by atoms with Gasteiger partial charge in [0.05, 0.1) is 18.8 Å². The summed E-state index contributed by atoms with van der Waals surface area (Å²) in [7, 11) is 0. The van der Waals surface area contributed by atoms with Crippen LogP contribution in [-0.4, -0.2) is 23.9 Å². The molecule has 0 aromatic carbocycles. The lowest BCUT2D eigenvalue weighted by Gasteiger charge is -2.34. The van der Waals surface area contributed by atoms with Crippen molar-refractivity contribution in [1.82, 2.24) is 0 Å². The lowest BCUT2D eigenvalue weighted by molar-refractivity contribution is -0.0837. The third-order valence-electron chi connectivity index (χ3n) is 3.46. The zero-order chi connectivity index (χ0) is 9.10. The molecule has 13 heavy (non-hydrogen) atoms. The Kier molecular flexibility index (Phi) is 3.23. The summed E-state index contributed by atoms with van der Waals surface area (Å²) >= 11 is 0. The van der Waals surface area contributed by atoms with Crippen molar-refractivity contribution in [2.45, 2.75) is 57.2 Å². The Morgan fingerprint density at radius 2 is 1.69 bits per heavy atom. The van der Waals surface area contributed by atoms with Crippen molar-refractivity contribution >= 4 is 0 Å². The van der Waals surface area contributed by atoms with Crippen LogP contribution in [0, 0.1) is 5.92 Å². The molecule has 2 atom stereocenters. The largest absolute Gasteiger partial charge is 0.391 e. The highest BCUT2D eigenvalue weighted by Crippen LogP contribution is 2.31. The molecule has 1 aliphatic heterocycles. The molecular formula is C11H20O2. The molecule has 1 heterocycles. The van der Waals surface area contributed by atoms with Gasteiger partial charge >= 0.3 is 0 Å². The highest BCUT2D eigenvalue weighted by molar-refractivity contribution is 4.78. The number of ether oxygens (including phenoxy) is 1. The van der Waals surface area contributed by atoms with Crippen LogP contribution in [-0.2, 0) is 4.74 Å². The van der Waals surface area contributed by atoms with Gasteiger partial charge in [-0.25, -0.2) is 0 Å². The smallest absolute Gasteiger partial charge is 0.0774 e. The molecule has 1 aliphatic carbocycles. The first kappa shape index (κ1) is 9.47. The van der Waals surface area contributed by atoms with Crippen LogP contribution < -0.4 is 0 Å². The molecule has 2 unspecified atom stereocenters. The van der Waals surface area contributed by atoms with Crippen molar-refractivity contribution in [3.63, 3.8) is 0 Å². The summed E-state index contributed by atoms with van der Waals surface area (Å²) in [5.74, 6) is 0.793. The fraction of sp³-hybridized carbons (Fsp3) is 1.00. The minimum absolute atomic E-state index is 0.195. The predicted octanol–water partition coefficient (Wildman–Crippen LogP) is 2.11. The van der Waals surface area contributed by atoms with Gasteiger partial charge in [-0.05, 0) is 31.6 Å². The van der Waals surface area contributed by atoms with E-state index in [2.05, 4.69) is 0 Å². The number of aliphatic hydroxyl groups is 1. The molecule has 0 radical (unpaired) electrons. The van der Waals surface area contributed by atoms with Crippen LogP contribution in [0.15, 0.2) is 0 Å². The summed E-state index contributed by atoms with van der Waals surface area (Å²) in [4.78, 5) is 0. The molecule has 2 rings (SSSR count). The van der Waals surface area contributed by atoms with Crippen LogP contribution in [0.2, 0.25) is 0 Å². The van der Waals surface area contributed by atoms with Crippen molar-refractivity contribution in [1.29, 1.82) is 0 Å². The lowest BCUT2D eigenvalue weighted by atomic mass is 9.82. The predicted molar refractivity (Wildman–Crippen MR) is 51.6 cm³/mol. The average molecular weight is 184 g/mol. The van der Waals surface area contributed by atoms with E-state index in [0.29, 0.717) is 12.7 Å². The van der Waals surface area contributed by atoms with E-state index in [1.54, 1.807) is 0 Å². The Labute approximate surface area is 80.3 Å².